The number of allylic oxidation sites excluding steroid dienone is 1. The monoisotopic (exact) mass is 374 g/mol. The summed E-state index contributed by atoms with van der Waals surface area (Å²) < 4.78 is 11.0. The fourth-order valence-corrected chi connectivity index (χ4v) is 3.48. The molecule has 1 unspecified atom stereocenters. The molecule has 4 heteroatoms. The van der Waals surface area contributed by atoms with Crippen LogP contribution in [0, 0.1) is 0 Å². The standard InChI is InChI=1S/C24H22O4/c25-19(15-27-20-10-2-1-3-11-20)16-28-24(26)23-21-12-6-4-8-17(21)14-18-9-5-7-13-22(18)23/h1-4,6-8,10-14,19,25H,5,9,15-16H2. The van der Waals surface area contributed by atoms with Crippen molar-refractivity contribution < 1.29 is 19.4 Å². The fraction of sp³-hybridized carbons (Fsp3) is 0.208. The predicted molar refractivity (Wildman–Crippen MR) is 110 cm³/mol. The van der Waals surface area contributed by atoms with Gasteiger partial charge in [0.2, 0.25) is 0 Å². The highest BCUT2D eigenvalue weighted by atomic mass is 16.5. The van der Waals surface area contributed by atoms with Crippen molar-refractivity contribution in [3.8, 4) is 5.75 Å². The van der Waals surface area contributed by atoms with E-state index in [0.717, 1.165) is 34.7 Å². The summed E-state index contributed by atoms with van der Waals surface area (Å²) in [6, 6.07) is 19.2. The first-order valence-electron chi connectivity index (χ1n) is 9.46. The minimum atomic E-state index is -0.898. The molecule has 0 spiro atoms. The zero-order valence-electron chi connectivity index (χ0n) is 15.5. The van der Waals surface area contributed by atoms with Gasteiger partial charge in [-0.05, 0) is 46.9 Å². The maximum atomic E-state index is 12.9. The Bertz CT molecular complexity index is 1010. The van der Waals surface area contributed by atoms with Gasteiger partial charge in [0.1, 0.15) is 25.1 Å². The maximum absolute atomic E-state index is 12.9. The average Bonchev–Trinajstić information content (AvgIpc) is 2.75. The number of fused-ring (bicyclic) bond motifs is 2. The van der Waals surface area contributed by atoms with Crippen molar-refractivity contribution in [2.45, 2.75) is 18.9 Å². The molecule has 0 heterocycles. The Morgan fingerprint density at radius 1 is 1.04 bits per heavy atom. The third-order valence-electron chi connectivity index (χ3n) is 4.84. The highest BCUT2D eigenvalue weighted by molar-refractivity contribution is 6.08. The molecule has 3 aromatic rings. The molecule has 0 aromatic heterocycles. The molecular weight excluding hydrogens is 352 g/mol. The zero-order chi connectivity index (χ0) is 19.3. The van der Waals surface area contributed by atoms with E-state index in [1.807, 2.05) is 60.7 Å². The molecule has 4 rings (SSSR count). The van der Waals surface area contributed by atoms with Gasteiger partial charge in [-0.2, -0.15) is 0 Å². The van der Waals surface area contributed by atoms with E-state index >= 15 is 0 Å². The van der Waals surface area contributed by atoms with Gasteiger partial charge >= 0.3 is 5.97 Å². The second-order valence-electron chi connectivity index (χ2n) is 6.86. The van der Waals surface area contributed by atoms with Crippen LogP contribution in [0.25, 0.3) is 16.8 Å². The van der Waals surface area contributed by atoms with Crippen LogP contribution in [-0.4, -0.2) is 30.4 Å². The number of rotatable bonds is 6. The first-order valence-corrected chi connectivity index (χ1v) is 9.46. The fourth-order valence-electron chi connectivity index (χ4n) is 3.48. The van der Waals surface area contributed by atoms with E-state index in [0.29, 0.717) is 11.3 Å². The smallest absolute Gasteiger partial charge is 0.339 e. The third kappa shape index (κ3) is 3.92. The summed E-state index contributed by atoms with van der Waals surface area (Å²) >= 11 is 0. The summed E-state index contributed by atoms with van der Waals surface area (Å²) in [5, 5.41) is 12.0. The number of esters is 1. The first-order chi connectivity index (χ1) is 13.7. The Kier molecular flexibility index (Phi) is 5.40. The number of benzene rings is 3. The van der Waals surface area contributed by atoms with Gasteiger partial charge in [-0.25, -0.2) is 4.79 Å². The molecule has 142 valence electrons. The molecule has 1 aliphatic carbocycles. The van der Waals surface area contributed by atoms with Crippen LogP contribution in [0.3, 0.4) is 0 Å². The van der Waals surface area contributed by atoms with E-state index in [4.69, 9.17) is 9.47 Å². The van der Waals surface area contributed by atoms with E-state index in [1.54, 1.807) is 0 Å². The van der Waals surface area contributed by atoms with E-state index in [9.17, 15) is 9.90 Å². The summed E-state index contributed by atoms with van der Waals surface area (Å²) in [5.74, 6) is 0.250. The zero-order valence-corrected chi connectivity index (χ0v) is 15.5. The van der Waals surface area contributed by atoms with Gasteiger partial charge in [-0.3, -0.25) is 0 Å². The number of para-hydroxylation sites is 1. The molecule has 4 nitrogen and oxygen atoms in total. The number of hydrogen-bond acceptors (Lipinski definition) is 4. The summed E-state index contributed by atoms with van der Waals surface area (Å²) in [6.07, 6.45) is 5.05. The lowest BCUT2D eigenvalue weighted by atomic mass is 9.89. The second kappa shape index (κ2) is 8.28. The van der Waals surface area contributed by atoms with Crippen LogP contribution >= 0.6 is 0 Å². The molecule has 1 atom stereocenters. The molecule has 1 aliphatic rings. The molecule has 0 radical (unpaired) electrons. The lowest BCUT2D eigenvalue weighted by Crippen LogP contribution is -2.25. The van der Waals surface area contributed by atoms with Crippen molar-refractivity contribution in [1.29, 1.82) is 0 Å². The van der Waals surface area contributed by atoms with Crippen molar-refractivity contribution in [3.05, 3.63) is 83.4 Å². The molecule has 0 aliphatic heterocycles. The number of carbonyl (C=O) groups excluding carboxylic acids is 1. The summed E-state index contributed by atoms with van der Waals surface area (Å²) in [6.45, 7) is -0.0573. The van der Waals surface area contributed by atoms with Gasteiger partial charge in [-0.15, -0.1) is 0 Å². The minimum Gasteiger partial charge on any atom is -0.491 e. The second-order valence-corrected chi connectivity index (χ2v) is 6.86. The van der Waals surface area contributed by atoms with E-state index in [1.165, 1.54) is 0 Å². The number of aliphatic hydroxyl groups excluding tert-OH is 1. The first kappa shape index (κ1) is 18.3. The minimum absolute atomic E-state index is 0.0604. The number of aliphatic hydroxyl groups is 1. The Balaban J connectivity index is 1.49. The Hall–Kier alpha value is -3.11. The van der Waals surface area contributed by atoms with E-state index in [2.05, 4.69) is 12.1 Å². The number of carbonyl (C=O) groups is 1. The van der Waals surface area contributed by atoms with Gasteiger partial charge < -0.3 is 14.6 Å². The molecule has 28 heavy (non-hydrogen) atoms. The lowest BCUT2D eigenvalue weighted by molar-refractivity contribution is 0.0131. The van der Waals surface area contributed by atoms with Crippen molar-refractivity contribution in [3.63, 3.8) is 0 Å². The largest absolute Gasteiger partial charge is 0.491 e. The summed E-state index contributed by atoms with van der Waals surface area (Å²) in [5.41, 5.74) is 2.64. The van der Waals surface area contributed by atoms with Crippen LogP contribution in [0.15, 0.2) is 66.7 Å². The Labute approximate surface area is 164 Å². The average molecular weight is 374 g/mol. The molecule has 0 saturated heterocycles. The van der Waals surface area contributed by atoms with Crippen LogP contribution in [0.5, 0.6) is 5.75 Å². The quantitative estimate of drug-likeness (QED) is 0.650. The number of hydrogen-bond donors (Lipinski definition) is 1. The van der Waals surface area contributed by atoms with Gasteiger partial charge in [0.15, 0.2) is 0 Å². The maximum Gasteiger partial charge on any atom is 0.339 e. The molecule has 0 bridgehead atoms. The van der Waals surface area contributed by atoms with Crippen LogP contribution in [0.4, 0.5) is 0 Å². The highest BCUT2D eigenvalue weighted by Crippen LogP contribution is 2.31. The number of aryl methyl sites for hydroxylation is 1. The predicted octanol–water partition coefficient (Wildman–Crippen LogP) is 4.40. The Morgan fingerprint density at radius 2 is 1.82 bits per heavy atom. The van der Waals surface area contributed by atoms with Crippen LogP contribution < -0.4 is 4.74 Å². The molecule has 1 N–H and O–H groups in total. The van der Waals surface area contributed by atoms with Crippen molar-refractivity contribution >= 4 is 22.8 Å². The van der Waals surface area contributed by atoms with Crippen molar-refractivity contribution in [2.75, 3.05) is 13.2 Å². The summed E-state index contributed by atoms with van der Waals surface area (Å²) in [7, 11) is 0. The SMILES string of the molecule is O=C(OCC(O)COc1ccccc1)c1c2c(cc3ccccc13)CCC=C2. The van der Waals surface area contributed by atoms with Crippen LogP contribution in [0.1, 0.15) is 27.9 Å². The van der Waals surface area contributed by atoms with Gasteiger partial charge in [0.25, 0.3) is 0 Å². The van der Waals surface area contributed by atoms with Gasteiger partial charge in [0.05, 0.1) is 5.56 Å². The van der Waals surface area contributed by atoms with Crippen molar-refractivity contribution in [1.82, 2.24) is 0 Å². The molecule has 0 amide bonds. The van der Waals surface area contributed by atoms with E-state index < -0.39 is 12.1 Å². The molecule has 0 fully saturated rings. The van der Waals surface area contributed by atoms with Crippen LogP contribution in [0.2, 0.25) is 0 Å². The summed E-state index contributed by atoms with van der Waals surface area (Å²) in [4.78, 5) is 12.9. The van der Waals surface area contributed by atoms with Crippen molar-refractivity contribution in [2.24, 2.45) is 0 Å². The number of ether oxygens (including phenoxy) is 2. The van der Waals surface area contributed by atoms with Gasteiger partial charge in [0, 0.05) is 0 Å². The topological polar surface area (TPSA) is 55.8 Å². The van der Waals surface area contributed by atoms with E-state index in [-0.39, 0.29) is 13.2 Å². The third-order valence-corrected chi connectivity index (χ3v) is 4.84. The molecule has 0 saturated carbocycles. The lowest BCUT2D eigenvalue weighted by Gasteiger charge is -2.18. The Morgan fingerprint density at radius 3 is 2.68 bits per heavy atom. The highest BCUT2D eigenvalue weighted by Gasteiger charge is 2.21. The van der Waals surface area contributed by atoms with Crippen LogP contribution in [-0.2, 0) is 11.2 Å². The normalized spacial score (nSPS) is 13.8. The molecule has 3 aromatic carbocycles. The molecular formula is C24H22O4. The van der Waals surface area contributed by atoms with Gasteiger partial charge in [-0.1, -0.05) is 60.7 Å².